The zero-order valence-electron chi connectivity index (χ0n) is 24.4. The van der Waals surface area contributed by atoms with Crippen LogP contribution in [0.5, 0.6) is 11.5 Å². The largest absolute Gasteiger partial charge is 0.490 e. The van der Waals surface area contributed by atoms with Crippen LogP contribution in [0, 0.1) is 0 Å². The molecular formula is C35H29BrN2O5S. The summed E-state index contributed by atoms with van der Waals surface area (Å²) in [5.41, 5.74) is 3.46. The van der Waals surface area contributed by atoms with Gasteiger partial charge in [0.15, 0.2) is 22.1 Å². The molecule has 44 heavy (non-hydrogen) atoms. The van der Waals surface area contributed by atoms with E-state index in [1.807, 2.05) is 97.9 Å². The van der Waals surface area contributed by atoms with E-state index >= 15 is 0 Å². The first-order chi connectivity index (χ1) is 21.3. The monoisotopic (exact) mass is 668 g/mol. The second kappa shape index (κ2) is 12.6. The summed E-state index contributed by atoms with van der Waals surface area (Å²) < 4.78 is 21.2. The molecule has 0 N–H and O–H groups in total. The predicted molar refractivity (Wildman–Crippen MR) is 175 cm³/mol. The van der Waals surface area contributed by atoms with E-state index in [-0.39, 0.29) is 11.3 Å². The number of allylic oxidation sites excluding steroid dienone is 2. The molecule has 222 valence electrons. The molecule has 0 aliphatic carbocycles. The maximum Gasteiger partial charge on any atom is 0.271 e. The number of nitrogens with zero attached hydrogens (tertiary/aromatic N) is 2. The van der Waals surface area contributed by atoms with Crippen molar-refractivity contribution in [2.75, 3.05) is 6.61 Å². The second-order valence-corrected chi connectivity index (χ2v) is 12.2. The number of hydrogen-bond donors (Lipinski definition) is 0. The van der Waals surface area contributed by atoms with Gasteiger partial charge in [0.1, 0.15) is 24.2 Å². The van der Waals surface area contributed by atoms with Crippen molar-refractivity contribution in [2.24, 2.45) is 4.99 Å². The Kier molecular flexibility index (Phi) is 8.50. The van der Waals surface area contributed by atoms with Crippen molar-refractivity contribution in [2.45, 2.75) is 33.4 Å². The Morgan fingerprint density at radius 1 is 1.02 bits per heavy atom. The standard InChI is InChI=1S/C35H29BrN2O5S/c1-4-41-30-18-24(10-15-28(30)42-20-23-8-6-5-7-9-23)19-31-34(40)38-33(32(22(3)39)21(2)37-35(38)44-31)29-17-16-27(43-29)25-11-13-26(36)14-12-25/h5-19,33H,4,20H2,1-3H3/b31-19+/t33-/m0/s1. The van der Waals surface area contributed by atoms with Crippen LogP contribution < -0.4 is 24.4 Å². The third-order valence-corrected chi connectivity index (χ3v) is 8.74. The summed E-state index contributed by atoms with van der Waals surface area (Å²) in [6, 6.07) is 26.2. The van der Waals surface area contributed by atoms with Gasteiger partial charge >= 0.3 is 0 Å². The Balaban J connectivity index is 1.39. The molecule has 0 unspecified atom stereocenters. The number of ketones is 1. The second-order valence-electron chi connectivity index (χ2n) is 10.3. The Labute approximate surface area is 266 Å². The average Bonchev–Trinajstić information content (AvgIpc) is 3.62. The first-order valence-electron chi connectivity index (χ1n) is 14.1. The molecule has 0 radical (unpaired) electrons. The molecule has 7 nitrogen and oxygen atoms in total. The number of benzene rings is 3. The molecule has 0 amide bonds. The zero-order chi connectivity index (χ0) is 30.8. The number of Topliss-reactive ketones (excluding diaryl/α,β-unsaturated/α-hetero) is 1. The number of halogens is 1. The zero-order valence-corrected chi connectivity index (χ0v) is 26.8. The Hall–Kier alpha value is -4.47. The predicted octanol–water partition coefficient (Wildman–Crippen LogP) is 6.82. The lowest BCUT2D eigenvalue weighted by Crippen LogP contribution is -2.39. The minimum absolute atomic E-state index is 0.167. The molecular weight excluding hydrogens is 640 g/mol. The van der Waals surface area contributed by atoms with Crippen molar-refractivity contribution in [1.29, 1.82) is 0 Å². The molecule has 1 aliphatic rings. The molecule has 3 heterocycles. The summed E-state index contributed by atoms with van der Waals surface area (Å²) >= 11 is 4.73. The van der Waals surface area contributed by atoms with Crippen LogP contribution in [0.25, 0.3) is 17.4 Å². The van der Waals surface area contributed by atoms with Crippen LogP contribution in [0.2, 0.25) is 0 Å². The Morgan fingerprint density at radius 2 is 1.80 bits per heavy atom. The summed E-state index contributed by atoms with van der Waals surface area (Å²) in [5.74, 6) is 2.18. The fourth-order valence-electron chi connectivity index (χ4n) is 5.20. The normalized spacial score (nSPS) is 14.7. The van der Waals surface area contributed by atoms with Gasteiger partial charge < -0.3 is 13.9 Å². The van der Waals surface area contributed by atoms with Gasteiger partial charge in [0.25, 0.3) is 5.56 Å². The number of rotatable bonds is 9. The smallest absolute Gasteiger partial charge is 0.271 e. The molecule has 5 aromatic rings. The molecule has 0 fully saturated rings. The van der Waals surface area contributed by atoms with Crippen molar-refractivity contribution in [3.05, 3.63) is 137 Å². The SMILES string of the molecule is CCOc1cc(/C=c2/sc3n(c2=O)[C@@H](c2ccc(-c4ccc(Br)cc4)o2)C(C(C)=O)=C(C)N=3)ccc1OCc1ccccc1. The van der Waals surface area contributed by atoms with E-state index < -0.39 is 6.04 Å². The van der Waals surface area contributed by atoms with E-state index in [1.165, 1.54) is 18.3 Å². The Morgan fingerprint density at radius 3 is 2.52 bits per heavy atom. The molecule has 0 saturated carbocycles. The minimum Gasteiger partial charge on any atom is -0.490 e. The van der Waals surface area contributed by atoms with Gasteiger partial charge in [0.05, 0.1) is 11.1 Å². The summed E-state index contributed by atoms with van der Waals surface area (Å²) in [4.78, 5) is 32.0. The molecule has 0 bridgehead atoms. The third kappa shape index (κ3) is 5.98. The fraction of sp³-hybridized carbons (Fsp3) is 0.171. The first-order valence-corrected chi connectivity index (χ1v) is 15.8. The van der Waals surface area contributed by atoms with Gasteiger partial charge in [-0.2, -0.15) is 0 Å². The third-order valence-electron chi connectivity index (χ3n) is 7.23. The van der Waals surface area contributed by atoms with Gasteiger partial charge in [-0.25, -0.2) is 4.99 Å². The number of furan rings is 1. The van der Waals surface area contributed by atoms with Gasteiger partial charge in [-0.15, -0.1) is 0 Å². The lowest BCUT2D eigenvalue weighted by atomic mass is 9.98. The number of thiazole rings is 1. The van der Waals surface area contributed by atoms with E-state index in [9.17, 15) is 9.59 Å². The van der Waals surface area contributed by atoms with Crippen LogP contribution in [0.1, 0.15) is 43.7 Å². The van der Waals surface area contributed by atoms with E-state index in [2.05, 4.69) is 20.9 Å². The van der Waals surface area contributed by atoms with Crippen molar-refractivity contribution in [3.63, 3.8) is 0 Å². The van der Waals surface area contributed by atoms with Crippen LogP contribution >= 0.6 is 27.3 Å². The summed E-state index contributed by atoms with van der Waals surface area (Å²) in [6.45, 7) is 6.07. The van der Waals surface area contributed by atoms with Crippen LogP contribution in [0.3, 0.4) is 0 Å². The van der Waals surface area contributed by atoms with Gasteiger partial charge in [-0.1, -0.05) is 75.8 Å². The average molecular weight is 670 g/mol. The van der Waals surface area contributed by atoms with E-state index in [0.29, 0.717) is 56.8 Å². The van der Waals surface area contributed by atoms with Crippen LogP contribution in [0.4, 0.5) is 0 Å². The minimum atomic E-state index is -0.733. The topological polar surface area (TPSA) is 83.0 Å². The molecule has 2 aromatic heterocycles. The highest BCUT2D eigenvalue weighted by molar-refractivity contribution is 9.10. The number of aromatic nitrogens is 1. The van der Waals surface area contributed by atoms with Gasteiger partial charge in [0, 0.05) is 21.3 Å². The number of carbonyl (C=O) groups is 1. The maximum absolute atomic E-state index is 14.0. The van der Waals surface area contributed by atoms with Crippen molar-refractivity contribution in [3.8, 4) is 22.8 Å². The molecule has 0 spiro atoms. The number of fused-ring (bicyclic) bond motifs is 1. The van der Waals surface area contributed by atoms with Gasteiger partial charge in [-0.3, -0.25) is 14.2 Å². The van der Waals surface area contributed by atoms with E-state index in [0.717, 1.165) is 21.2 Å². The van der Waals surface area contributed by atoms with Crippen LogP contribution in [-0.4, -0.2) is 17.0 Å². The molecule has 6 rings (SSSR count). The van der Waals surface area contributed by atoms with Gasteiger partial charge in [0.2, 0.25) is 0 Å². The maximum atomic E-state index is 14.0. The highest BCUT2D eigenvalue weighted by Gasteiger charge is 2.33. The lowest BCUT2D eigenvalue weighted by Gasteiger charge is -2.22. The van der Waals surface area contributed by atoms with Gasteiger partial charge in [-0.05, 0) is 74.4 Å². The summed E-state index contributed by atoms with van der Waals surface area (Å²) in [5, 5.41) is 0. The molecule has 1 atom stereocenters. The fourth-order valence-corrected chi connectivity index (χ4v) is 6.51. The van der Waals surface area contributed by atoms with Crippen LogP contribution in [0.15, 0.2) is 115 Å². The highest BCUT2D eigenvalue weighted by Crippen LogP contribution is 2.34. The number of carbonyl (C=O) groups excluding carboxylic acids is 1. The van der Waals surface area contributed by atoms with Crippen molar-refractivity contribution < 1.29 is 18.7 Å². The quantitative estimate of drug-likeness (QED) is 0.172. The summed E-state index contributed by atoms with van der Waals surface area (Å²) in [7, 11) is 0. The van der Waals surface area contributed by atoms with Crippen LogP contribution in [-0.2, 0) is 11.4 Å². The van der Waals surface area contributed by atoms with E-state index in [1.54, 1.807) is 11.5 Å². The number of hydrogen-bond acceptors (Lipinski definition) is 7. The number of ether oxygens (including phenoxy) is 2. The van der Waals surface area contributed by atoms with Crippen molar-refractivity contribution >= 4 is 39.1 Å². The van der Waals surface area contributed by atoms with Crippen molar-refractivity contribution in [1.82, 2.24) is 4.57 Å². The first kappa shape index (κ1) is 29.6. The highest BCUT2D eigenvalue weighted by atomic mass is 79.9. The molecule has 3 aromatic carbocycles. The van der Waals surface area contributed by atoms with E-state index in [4.69, 9.17) is 13.9 Å². The summed E-state index contributed by atoms with van der Waals surface area (Å²) in [6.07, 6.45) is 1.81. The molecule has 0 saturated heterocycles. The Bertz CT molecular complexity index is 2060. The molecule has 9 heteroatoms. The lowest BCUT2D eigenvalue weighted by molar-refractivity contribution is -0.114. The molecule has 1 aliphatic heterocycles.